The first kappa shape index (κ1) is 14.0. The molecule has 1 atom stereocenters. The second-order valence-electron chi connectivity index (χ2n) is 5.07. The topological polar surface area (TPSA) is 51.2 Å². The fourth-order valence-corrected chi connectivity index (χ4v) is 2.28. The van der Waals surface area contributed by atoms with E-state index in [1.807, 2.05) is 19.1 Å². The third kappa shape index (κ3) is 4.63. The van der Waals surface area contributed by atoms with Crippen LogP contribution in [-0.4, -0.2) is 30.1 Å². The Morgan fingerprint density at radius 2 is 2.37 bits per heavy atom. The number of ether oxygens (including phenoxy) is 1. The average molecular weight is 262 g/mol. The quantitative estimate of drug-likeness (QED) is 0.801. The molecule has 0 saturated carbocycles. The SMILES string of the molecule is Cc1ccc(C(=O)NCCCCC2CCCO2)cn1. The molecule has 0 aliphatic carbocycles. The molecule has 1 unspecified atom stereocenters. The van der Waals surface area contributed by atoms with E-state index in [1.165, 1.54) is 12.8 Å². The van der Waals surface area contributed by atoms with Crippen LogP contribution in [-0.2, 0) is 4.74 Å². The number of hydrogen-bond donors (Lipinski definition) is 1. The standard InChI is InChI=1S/C15H22N2O2/c1-12-7-8-13(11-17-12)15(18)16-9-3-2-5-14-6-4-10-19-14/h7-8,11,14H,2-6,9-10H2,1H3,(H,16,18). The van der Waals surface area contributed by atoms with Gasteiger partial charge in [0.25, 0.3) is 5.91 Å². The van der Waals surface area contributed by atoms with Gasteiger partial charge in [-0.15, -0.1) is 0 Å². The molecule has 1 N–H and O–H groups in total. The van der Waals surface area contributed by atoms with Gasteiger partial charge in [-0.25, -0.2) is 0 Å². The van der Waals surface area contributed by atoms with E-state index in [-0.39, 0.29) is 5.91 Å². The van der Waals surface area contributed by atoms with E-state index >= 15 is 0 Å². The molecule has 0 spiro atoms. The fourth-order valence-electron chi connectivity index (χ4n) is 2.28. The zero-order chi connectivity index (χ0) is 13.5. The lowest BCUT2D eigenvalue weighted by atomic mass is 10.1. The van der Waals surface area contributed by atoms with Gasteiger partial charge in [0.2, 0.25) is 0 Å². The molecule has 1 amide bonds. The van der Waals surface area contributed by atoms with Crippen LogP contribution < -0.4 is 5.32 Å². The average Bonchev–Trinajstić information content (AvgIpc) is 2.92. The normalized spacial score (nSPS) is 18.5. The fraction of sp³-hybridized carbons (Fsp3) is 0.600. The second-order valence-corrected chi connectivity index (χ2v) is 5.07. The molecule has 0 radical (unpaired) electrons. The van der Waals surface area contributed by atoms with Gasteiger partial charge in [-0.05, 0) is 51.2 Å². The minimum atomic E-state index is -0.0374. The molecule has 4 nitrogen and oxygen atoms in total. The Hall–Kier alpha value is -1.42. The summed E-state index contributed by atoms with van der Waals surface area (Å²) in [6.45, 7) is 3.55. The highest BCUT2D eigenvalue weighted by molar-refractivity contribution is 5.93. The van der Waals surface area contributed by atoms with Crippen molar-refractivity contribution in [1.29, 1.82) is 0 Å². The zero-order valence-corrected chi connectivity index (χ0v) is 11.5. The summed E-state index contributed by atoms with van der Waals surface area (Å²) in [4.78, 5) is 15.9. The number of carbonyl (C=O) groups excluding carboxylic acids is 1. The number of hydrogen-bond acceptors (Lipinski definition) is 3. The van der Waals surface area contributed by atoms with Gasteiger partial charge in [-0.2, -0.15) is 0 Å². The molecule has 1 aromatic heterocycles. The summed E-state index contributed by atoms with van der Waals surface area (Å²) in [6, 6.07) is 3.66. The molecule has 0 aromatic carbocycles. The molecular formula is C15H22N2O2. The molecule has 2 heterocycles. The molecule has 1 saturated heterocycles. The summed E-state index contributed by atoms with van der Waals surface area (Å²) in [5.41, 5.74) is 1.55. The maximum absolute atomic E-state index is 11.8. The number of aromatic nitrogens is 1. The summed E-state index contributed by atoms with van der Waals surface area (Å²) in [5.74, 6) is -0.0374. The number of aryl methyl sites for hydroxylation is 1. The van der Waals surface area contributed by atoms with Gasteiger partial charge in [0.05, 0.1) is 11.7 Å². The monoisotopic (exact) mass is 262 g/mol. The number of nitrogens with zero attached hydrogens (tertiary/aromatic N) is 1. The van der Waals surface area contributed by atoms with E-state index in [1.54, 1.807) is 6.20 Å². The summed E-state index contributed by atoms with van der Waals surface area (Å²) in [6.07, 6.45) is 7.70. The van der Waals surface area contributed by atoms with Gasteiger partial charge in [-0.1, -0.05) is 0 Å². The van der Waals surface area contributed by atoms with Crippen molar-refractivity contribution in [3.63, 3.8) is 0 Å². The third-order valence-corrected chi connectivity index (χ3v) is 3.44. The minimum Gasteiger partial charge on any atom is -0.378 e. The Morgan fingerprint density at radius 1 is 1.47 bits per heavy atom. The predicted molar refractivity (Wildman–Crippen MR) is 74.1 cm³/mol. The maximum atomic E-state index is 11.8. The zero-order valence-electron chi connectivity index (χ0n) is 11.5. The van der Waals surface area contributed by atoms with Crippen LogP contribution in [0.2, 0.25) is 0 Å². The molecule has 1 aliphatic heterocycles. The van der Waals surface area contributed by atoms with E-state index in [0.29, 0.717) is 11.7 Å². The number of amides is 1. The van der Waals surface area contributed by atoms with E-state index < -0.39 is 0 Å². The summed E-state index contributed by atoms with van der Waals surface area (Å²) < 4.78 is 5.57. The van der Waals surface area contributed by atoms with Gasteiger partial charge < -0.3 is 10.1 Å². The lowest BCUT2D eigenvalue weighted by Gasteiger charge is -2.09. The van der Waals surface area contributed by atoms with Gasteiger partial charge >= 0.3 is 0 Å². The molecule has 104 valence electrons. The van der Waals surface area contributed by atoms with E-state index in [0.717, 1.165) is 38.1 Å². The molecule has 1 fully saturated rings. The Kier molecular flexibility index (Phi) is 5.33. The highest BCUT2D eigenvalue weighted by atomic mass is 16.5. The van der Waals surface area contributed by atoms with Crippen LogP contribution in [0.1, 0.15) is 48.2 Å². The first-order valence-electron chi connectivity index (χ1n) is 7.08. The van der Waals surface area contributed by atoms with E-state index in [9.17, 15) is 4.79 Å². The Morgan fingerprint density at radius 3 is 3.05 bits per heavy atom. The predicted octanol–water partition coefficient (Wildman–Crippen LogP) is 2.47. The van der Waals surface area contributed by atoms with E-state index in [4.69, 9.17) is 4.74 Å². The summed E-state index contributed by atoms with van der Waals surface area (Å²) in [7, 11) is 0. The van der Waals surface area contributed by atoms with Crippen LogP contribution in [0.15, 0.2) is 18.3 Å². The van der Waals surface area contributed by atoms with Crippen LogP contribution >= 0.6 is 0 Å². The van der Waals surface area contributed by atoms with Crippen LogP contribution in [0.4, 0.5) is 0 Å². The molecule has 1 aromatic rings. The highest BCUT2D eigenvalue weighted by Gasteiger charge is 2.14. The largest absolute Gasteiger partial charge is 0.378 e. The Labute approximate surface area is 114 Å². The van der Waals surface area contributed by atoms with Crippen LogP contribution in [0.3, 0.4) is 0 Å². The Balaban J connectivity index is 1.59. The first-order valence-corrected chi connectivity index (χ1v) is 7.08. The van der Waals surface area contributed by atoms with Gasteiger partial charge in [-0.3, -0.25) is 9.78 Å². The molecule has 19 heavy (non-hydrogen) atoms. The van der Waals surface area contributed by atoms with Crippen LogP contribution in [0.25, 0.3) is 0 Å². The summed E-state index contributed by atoms with van der Waals surface area (Å²) >= 11 is 0. The number of rotatable bonds is 6. The second kappa shape index (κ2) is 7.24. The molecule has 2 rings (SSSR count). The lowest BCUT2D eigenvalue weighted by Crippen LogP contribution is -2.24. The molecule has 0 bridgehead atoms. The number of nitrogens with one attached hydrogen (secondary N) is 1. The molecule has 4 heteroatoms. The van der Waals surface area contributed by atoms with Crippen molar-refractivity contribution in [2.24, 2.45) is 0 Å². The number of pyridine rings is 1. The first-order chi connectivity index (χ1) is 9.25. The minimum absolute atomic E-state index is 0.0374. The van der Waals surface area contributed by atoms with Crippen molar-refractivity contribution < 1.29 is 9.53 Å². The van der Waals surface area contributed by atoms with E-state index in [2.05, 4.69) is 10.3 Å². The number of carbonyl (C=O) groups is 1. The smallest absolute Gasteiger partial charge is 0.252 e. The van der Waals surface area contributed by atoms with Crippen LogP contribution in [0, 0.1) is 6.92 Å². The van der Waals surface area contributed by atoms with Crippen molar-refractivity contribution in [2.75, 3.05) is 13.2 Å². The number of unbranched alkanes of at least 4 members (excludes halogenated alkanes) is 1. The van der Waals surface area contributed by atoms with Crippen molar-refractivity contribution >= 4 is 5.91 Å². The maximum Gasteiger partial charge on any atom is 0.252 e. The lowest BCUT2D eigenvalue weighted by molar-refractivity contribution is 0.0947. The van der Waals surface area contributed by atoms with Crippen molar-refractivity contribution in [3.05, 3.63) is 29.6 Å². The molecular weight excluding hydrogens is 240 g/mol. The Bertz CT molecular complexity index is 397. The summed E-state index contributed by atoms with van der Waals surface area (Å²) in [5, 5.41) is 2.92. The van der Waals surface area contributed by atoms with Gasteiger partial charge in [0.1, 0.15) is 0 Å². The molecule has 1 aliphatic rings. The highest BCUT2D eigenvalue weighted by Crippen LogP contribution is 2.17. The third-order valence-electron chi connectivity index (χ3n) is 3.44. The van der Waals surface area contributed by atoms with Crippen molar-refractivity contribution in [3.8, 4) is 0 Å². The van der Waals surface area contributed by atoms with Crippen LogP contribution in [0.5, 0.6) is 0 Å². The van der Waals surface area contributed by atoms with Crippen molar-refractivity contribution in [1.82, 2.24) is 10.3 Å². The van der Waals surface area contributed by atoms with Gasteiger partial charge in [0.15, 0.2) is 0 Å². The van der Waals surface area contributed by atoms with Crippen molar-refractivity contribution in [2.45, 2.75) is 45.1 Å². The van der Waals surface area contributed by atoms with Gasteiger partial charge in [0, 0.05) is 25.0 Å².